The molecule has 0 N–H and O–H groups in total. The third-order valence-electron chi connectivity index (χ3n) is 3.18. The van der Waals surface area contributed by atoms with Gasteiger partial charge in [0, 0.05) is 12.6 Å². The molecule has 1 saturated carbocycles. The van der Waals surface area contributed by atoms with Crippen molar-refractivity contribution in [2.45, 2.75) is 17.7 Å². The van der Waals surface area contributed by atoms with Crippen molar-refractivity contribution in [3.63, 3.8) is 0 Å². The van der Waals surface area contributed by atoms with Crippen LogP contribution in [0.3, 0.4) is 0 Å². The minimum atomic E-state index is -3.86. The van der Waals surface area contributed by atoms with Crippen LogP contribution in [0.4, 0.5) is 5.69 Å². The minimum Gasteiger partial charge on any atom is -0.258 e. The number of rotatable bonds is 6. The lowest BCUT2D eigenvalue weighted by molar-refractivity contribution is -0.384. The Morgan fingerprint density at radius 1 is 1.48 bits per heavy atom. The van der Waals surface area contributed by atoms with Gasteiger partial charge in [-0.1, -0.05) is 17.5 Å². The summed E-state index contributed by atoms with van der Waals surface area (Å²) in [7, 11) is -3.86. The zero-order valence-electron chi connectivity index (χ0n) is 11.0. The Balaban J connectivity index is 2.39. The molecular formula is C13H13ClN2O4S. The predicted octanol–water partition coefficient (Wildman–Crippen LogP) is 2.28. The summed E-state index contributed by atoms with van der Waals surface area (Å²) in [5.41, 5.74) is -0.440. The Morgan fingerprint density at radius 3 is 2.67 bits per heavy atom. The van der Waals surface area contributed by atoms with E-state index in [1.807, 2.05) is 0 Å². The predicted molar refractivity (Wildman–Crippen MR) is 78.4 cm³/mol. The van der Waals surface area contributed by atoms with Crippen molar-refractivity contribution in [3.8, 4) is 12.3 Å². The van der Waals surface area contributed by atoms with Crippen LogP contribution in [0.5, 0.6) is 0 Å². The average Bonchev–Trinajstić information content (AvgIpc) is 3.22. The summed E-state index contributed by atoms with van der Waals surface area (Å²) in [5, 5.41) is 10.8. The maximum Gasteiger partial charge on any atom is 0.289 e. The number of hydrogen-bond acceptors (Lipinski definition) is 4. The lowest BCUT2D eigenvalue weighted by Gasteiger charge is -2.19. The molecule has 8 heteroatoms. The van der Waals surface area contributed by atoms with Gasteiger partial charge >= 0.3 is 0 Å². The molecule has 0 saturated heterocycles. The zero-order chi connectivity index (χ0) is 15.6. The molecule has 1 aromatic carbocycles. The number of halogens is 1. The first-order valence-corrected chi connectivity index (χ1v) is 8.05. The quantitative estimate of drug-likeness (QED) is 0.456. The largest absolute Gasteiger partial charge is 0.289 e. The second-order valence-corrected chi connectivity index (χ2v) is 7.16. The number of sulfonamides is 1. The summed E-state index contributed by atoms with van der Waals surface area (Å²) < 4.78 is 26.3. The molecule has 6 nitrogen and oxygen atoms in total. The minimum absolute atomic E-state index is 0.0603. The van der Waals surface area contributed by atoms with Crippen LogP contribution in [0.25, 0.3) is 0 Å². The average molecular weight is 329 g/mol. The molecule has 0 heterocycles. The SMILES string of the molecule is C#CCN(CC1CC1)S(=O)(=O)c1ccc(Cl)c([N+](=O)[O-])c1. The Labute approximate surface area is 127 Å². The fraction of sp³-hybridized carbons (Fsp3) is 0.385. The van der Waals surface area contributed by atoms with Crippen molar-refractivity contribution in [1.82, 2.24) is 4.31 Å². The van der Waals surface area contributed by atoms with Crippen LogP contribution in [-0.4, -0.2) is 30.7 Å². The van der Waals surface area contributed by atoms with E-state index in [0.717, 1.165) is 18.9 Å². The topological polar surface area (TPSA) is 80.5 Å². The zero-order valence-corrected chi connectivity index (χ0v) is 12.6. The molecule has 1 aliphatic carbocycles. The second-order valence-electron chi connectivity index (χ2n) is 4.82. The molecular weight excluding hydrogens is 316 g/mol. The third-order valence-corrected chi connectivity index (χ3v) is 5.31. The fourth-order valence-corrected chi connectivity index (χ4v) is 3.52. The van der Waals surface area contributed by atoms with Gasteiger partial charge < -0.3 is 0 Å². The molecule has 0 amide bonds. The first-order chi connectivity index (χ1) is 9.86. The first kappa shape index (κ1) is 15.8. The van der Waals surface area contributed by atoms with Crippen molar-refractivity contribution in [3.05, 3.63) is 33.3 Å². The Morgan fingerprint density at radius 2 is 2.14 bits per heavy atom. The van der Waals surface area contributed by atoms with Gasteiger partial charge in [-0.25, -0.2) is 8.42 Å². The van der Waals surface area contributed by atoms with Crippen molar-refractivity contribution < 1.29 is 13.3 Å². The highest BCUT2D eigenvalue weighted by molar-refractivity contribution is 7.89. The Kier molecular flexibility index (Phi) is 4.52. The number of terminal acetylenes is 1. The summed E-state index contributed by atoms with van der Waals surface area (Å²) in [4.78, 5) is 9.98. The summed E-state index contributed by atoms with van der Waals surface area (Å²) in [6.45, 7) is 0.276. The first-order valence-electron chi connectivity index (χ1n) is 6.24. The van der Waals surface area contributed by atoms with E-state index in [4.69, 9.17) is 18.0 Å². The highest BCUT2D eigenvalue weighted by Gasteiger charge is 2.32. The van der Waals surface area contributed by atoms with Gasteiger partial charge in [-0.15, -0.1) is 6.42 Å². The monoisotopic (exact) mass is 328 g/mol. The van der Waals surface area contributed by atoms with Gasteiger partial charge in [0.25, 0.3) is 5.69 Å². The molecule has 2 rings (SSSR count). The lowest BCUT2D eigenvalue weighted by atomic mass is 10.3. The van der Waals surface area contributed by atoms with Crippen LogP contribution in [0.2, 0.25) is 5.02 Å². The van der Waals surface area contributed by atoms with E-state index in [-0.39, 0.29) is 16.5 Å². The van der Waals surface area contributed by atoms with Gasteiger partial charge in [0.2, 0.25) is 10.0 Å². The Bertz CT molecular complexity index is 707. The molecule has 0 unspecified atom stereocenters. The molecule has 0 aromatic heterocycles. The highest BCUT2D eigenvalue weighted by Crippen LogP contribution is 2.33. The number of hydrogen-bond donors (Lipinski definition) is 0. The molecule has 0 atom stereocenters. The molecule has 1 aromatic rings. The van der Waals surface area contributed by atoms with Gasteiger partial charge in [-0.2, -0.15) is 4.31 Å². The summed E-state index contributed by atoms with van der Waals surface area (Å²) in [6.07, 6.45) is 7.16. The number of nitro benzene ring substituents is 1. The van der Waals surface area contributed by atoms with Crippen LogP contribution < -0.4 is 0 Å². The van der Waals surface area contributed by atoms with Crippen molar-refractivity contribution in [1.29, 1.82) is 0 Å². The van der Waals surface area contributed by atoms with Gasteiger partial charge in [0.05, 0.1) is 16.4 Å². The van der Waals surface area contributed by atoms with E-state index in [1.165, 1.54) is 16.4 Å². The van der Waals surface area contributed by atoms with E-state index >= 15 is 0 Å². The number of benzene rings is 1. The maximum absolute atomic E-state index is 12.5. The van der Waals surface area contributed by atoms with E-state index in [2.05, 4.69) is 5.92 Å². The highest BCUT2D eigenvalue weighted by atomic mass is 35.5. The standard InChI is InChI=1S/C13H13ClN2O4S/c1-2-7-15(9-10-3-4-10)21(19,20)11-5-6-12(14)13(8-11)16(17)18/h1,5-6,8,10H,3-4,7,9H2. The number of nitrogens with zero attached hydrogens (tertiary/aromatic N) is 2. The van der Waals surface area contributed by atoms with Gasteiger partial charge in [-0.05, 0) is 30.9 Å². The van der Waals surface area contributed by atoms with Crippen LogP contribution in [0.1, 0.15) is 12.8 Å². The Hall–Kier alpha value is -1.62. The van der Waals surface area contributed by atoms with Crippen LogP contribution in [0, 0.1) is 28.4 Å². The fourth-order valence-electron chi connectivity index (χ4n) is 1.88. The van der Waals surface area contributed by atoms with Crippen LogP contribution in [0.15, 0.2) is 23.1 Å². The smallest absolute Gasteiger partial charge is 0.258 e. The molecule has 0 aliphatic heterocycles. The van der Waals surface area contributed by atoms with Gasteiger partial charge in [0.15, 0.2) is 0 Å². The van der Waals surface area contributed by atoms with Crippen LogP contribution >= 0.6 is 11.6 Å². The summed E-state index contributed by atoms with van der Waals surface area (Å²) in [5.74, 6) is 2.63. The lowest BCUT2D eigenvalue weighted by Crippen LogP contribution is -2.33. The van der Waals surface area contributed by atoms with E-state index in [1.54, 1.807) is 0 Å². The number of nitro groups is 1. The molecule has 112 valence electrons. The van der Waals surface area contributed by atoms with Crippen molar-refractivity contribution in [2.24, 2.45) is 5.92 Å². The van der Waals surface area contributed by atoms with Crippen LogP contribution in [-0.2, 0) is 10.0 Å². The molecule has 21 heavy (non-hydrogen) atoms. The van der Waals surface area contributed by atoms with E-state index < -0.39 is 20.6 Å². The second kappa shape index (κ2) is 6.02. The third kappa shape index (κ3) is 3.53. The molecule has 0 radical (unpaired) electrons. The molecule has 0 bridgehead atoms. The van der Waals surface area contributed by atoms with Crippen molar-refractivity contribution >= 4 is 27.3 Å². The normalized spacial score (nSPS) is 14.9. The van der Waals surface area contributed by atoms with Crippen molar-refractivity contribution in [2.75, 3.05) is 13.1 Å². The van der Waals surface area contributed by atoms with Gasteiger partial charge in [0.1, 0.15) is 5.02 Å². The molecule has 1 aliphatic rings. The maximum atomic E-state index is 12.5. The summed E-state index contributed by atoms with van der Waals surface area (Å²) >= 11 is 5.69. The molecule has 0 spiro atoms. The van der Waals surface area contributed by atoms with Gasteiger partial charge in [-0.3, -0.25) is 10.1 Å². The molecule has 1 fully saturated rings. The summed E-state index contributed by atoms with van der Waals surface area (Å²) in [6, 6.07) is 3.42. The van der Waals surface area contributed by atoms with E-state index in [9.17, 15) is 18.5 Å². The van der Waals surface area contributed by atoms with E-state index in [0.29, 0.717) is 12.5 Å².